The summed E-state index contributed by atoms with van der Waals surface area (Å²) in [6.07, 6.45) is 9.40. The van der Waals surface area contributed by atoms with E-state index in [4.69, 9.17) is 0 Å². The van der Waals surface area contributed by atoms with Crippen LogP contribution in [0.2, 0.25) is 0 Å². The number of hydrogen-bond acceptors (Lipinski definition) is 7. The topological polar surface area (TPSA) is 87.1 Å². The van der Waals surface area contributed by atoms with Gasteiger partial charge < -0.3 is 16.0 Å². The van der Waals surface area contributed by atoms with E-state index >= 15 is 0 Å². The number of nitrogens with zero attached hydrogens (tertiary/aromatic N) is 4. The Kier molecular flexibility index (Phi) is 8.14. The molecule has 0 radical (unpaired) electrons. The minimum atomic E-state index is 0.655. The standard InChI is InChI=1S/C23H29N7/c1-3-11-24-20-7-10-23(30-17-20)29-16-19-6-9-22(28-15-19)27-14-18-5-8-21(26-13-18)25-12-4-2/h5-10,13-15,17,24H,3-4,11-12,16H2,1-2H3,(H,25,26)(H,29,30). The maximum Gasteiger partial charge on any atom is 0.151 e. The first-order chi connectivity index (χ1) is 14.8. The second-order valence-electron chi connectivity index (χ2n) is 6.90. The summed E-state index contributed by atoms with van der Waals surface area (Å²) in [6.45, 7) is 6.79. The van der Waals surface area contributed by atoms with Gasteiger partial charge in [-0.25, -0.2) is 19.9 Å². The predicted octanol–water partition coefficient (Wildman–Crippen LogP) is 4.88. The first-order valence-corrected chi connectivity index (χ1v) is 10.4. The Balaban J connectivity index is 1.49. The van der Waals surface area contributed by atoms with E-state index in [1.54, 1.807) is 12.4 Å². The number of nitrogens with one attached hydrogen (secondary N) is 3. The molecule has 0 spiro atoms. The van der Waals surface area contributed by atoms with Crippen molar-refractivity contribution in [3.63, 3.8) is 0 Å². The van der Waals surface area contributed by atoms with Crippen LogP contribution < -0.4 is 16.0 Å². The molecule has 30 heavy (non-hydrogen) atoms. The molecule has 0 unspecified atom stereocenters. The van der Waals surface area contributed by atoms with Crippen LogP contribution in [0.1, 0.15) is 37.8 Å². The van der Waals surface area contributed by atoms with Crippen LogP contribution in [0.5, 0.6) is 0 Å². The largest absolute Gasteiger partial charge is 0.384 e. The van der Waals surface area contributed by atoms with E-state index in [0.29, 0.717) is 12.4 Å². The molecular formula is C23H29N7. The Morgan fingerprint density at radius 1 is 0.767 bits per heavy atom. The van der Waals surface area contributed by atoms with Crippen molar-refractivity contribution in [1.82, 2.24) is 15.0 Å². The third-order valence-corrected chi connectivity index (χ3v) is 4.31. The molecule has 0 saturated heterocycles. The van der Waals surface area contributed by atoms with Gasteiger partial charge in [0, 0.05) is 43.8 Å². The van der Waals surface area contributed by atoms with Gasteiger partial charge in [-0.15, -0.1) is 0 Å². The lowest BCUT2D eigenvalue weighted by molar-refractivity contribution is 0.969. The highest BCUT2D eigenvalue weighted by molar-refractivity contribution is 5.81. The van der Waals surface area contributed by atoms with E-state index in [1.165, 1.54) is 0 Å². The van der Waals surface area contributed by atoms with Gasteiger partial charge in [0.05, 0.1) is 11.9 Å². The van der Waals surface area contributed by atoms with Crippen molar-refractivity contribution in [2.75, 3.05) is 29.0 Å². The molecule has 0 saturated carbocycles. The molecule has 3 rings (SSSR count). The van der Waals surface area contributed by atoms with Gasteiger partial charge in [0.1, 0.15) is 11.6 Å². The summed E-state index contributed by atoms with van der Waals surface area (Å²) in [5.74, 6) is 2.38. The van der Waals surface area contributed by atoms with E-state index in [0.717, 1.165) is 54.4 Å². The van der Waals surface area contributed by atoms with Crippen molar-refractivity contribution in [2.45, 2.75) is 33.2 Å². The zero-order valence-electron chi connectivity index (χ0n) is 17.6. The lowest BCUT2D eigenvalue weighted by Gasteiger charge is -2.08. The van der Waals surface area contributed by atoms with Crippen molar-refractivity contribution in [2.24, 2.45) is 4.99 Å². The molecule has 156 valence electrons. The number of pyridine rings is 3. The second kappa shape index (κ2) is 11.5. The summed E-state index contributed by atoms with van der Waals surface area (Å²) >= 11 is 0. The minimum absolute atomic E-state index is 0.655. The molecule has 0 amide bonds. The Bertz CT molecular complexity index is 904. The molecule has 0 aliphatic heterocycles. The zero-order valence-corrected chi connectivity index (χ0v) is 17.6. The van der Waals surface area contributed by atoms with Crippen molar-refractivity contribution < 1.29 is 0 Å². The van der Waals surface area contributed by atoms with E-state index in [9.17, 15) is 0 Å². The second-order valence-corrected chi connectivity index (χ2v) is 6.90. The Morgan fingerprint density at radius 2 is 1.53 bits per heavy atom. The van der Waals surface area contributed by atoms with Gasteiger partial charge in [-0.05, 0) is 48.7 Å². The van der Waals surface area contributed by atoms with Crippen LogP contribution in [0.25, 0.3) is 0 Å². The maximum atomic E-state index is 4.43. The molecule has 3 heterocycles. The number of rotatable bonds is 11. The number of aromatic nitrogens is 3. The zero-order chi connectivity index (χ0) is 21.0. The molecule has 0 fully saturated rings. The smallest absolute Gasteiger partial charge is 0.151 e. The van der Waals surface area contributed by atoms with Gasteiger partial charge in [-0.2, -0.15) is 0 Å². The van der Waals surface area contributed by atoms with Gasteiger partial charge in [0.25, 0.3) is 0 Å². The molecule has 0 aromatic carbocycles. The van der Waals surface area contributed by atoms with Gasteiger partial charge in [-0.1, -0.05) is 19.9 Å². The summed E-state index contributed by atoms with van der Waals surface area (Å²) in [4.78, 5) is 17.6. The fraction of sp³-hybridized carbons (Fsp3) is 0.304. The first kappa shape index (κ1) is 21.2. The summed E-state index contributed by atoms with van der Waals surface area (Å²) in [5.41, 5.74) is 3.04. The van der Waals surface area contributed by atoms with Crippen LogP contribution in [-0.2, 0) is 6.54 Å². The molecule has 7 heteroatoms. The van der Waals surface area contributed by atoms with E-state index in [1.807, 2.05) is 48.8 Å². The number of anilines is 3. The molecule has 7 nitrogen and oxygen atoms in total. The molecule has 0 bridgehead atoms. The number of aliphatic imine (C=N–C) groups is 1. The molecule has 0 atom stereocenters. The third-order valence-electron chi connectivity index (χ3n) is 4.31. The lowest BCUT2D eigenvalue weighted by atomic mass is 10.2. The van der Waals surface area contributed by atoms with Crippen LogP contribution in [0, 0.1) is 0 Å². The summed E-state index contributed by atoms with van der Waals surface area (Å²) in [6, 6.07) is 11.9. The van der Waals surface area contributed by atoms with Gasteiger partial charge in [0.2, 0.25) is 0 Å². The summed E-state index contributed by atoms with van der Waals surface area (Å²) < 4.78 is 0. The van der Waals surface area contributed by atoms with Gasteiger partial charge >= 0.3 is 0 Å². The highest BCUT2D eigenvalue weighted by Gasteiger charge is 1.99. The minimum Gasteiger partial charge on any atom is -0.384 e. The van der Waals surface area contributed by atoms with Crippen molar-refractivity contribution in [1.29, 1.82) is 0 Å². The monoisotopic (exact) mass is 403 g/mol. The van der Waals surface area contributed by atoms with Crippen LogP contribution in [0.15, 0.2) is 60.0 Å². The maximum absolute atomic E-state index is 4.43. The molecule has 3 N–H and O–H groups in total. The van der Waals surface area contributed by atoms with E-state index in [2.05, 4.69) is 49.7 Å². The van der Waals surface area contributed by atoms with Crippen molar-refractivity contribution >= 4 is 29.4 Å². The molecule has 3 aromatic heterocycles. The predicted molar refractivity (Wildman–Crippen MR) is 125 cm³/mol. The average molecular weight is 404 g/mol. The fourth-order valence-electron chi connectivity index (χ4n) is 2.64. The van der Waals surface area contributed by atoms with Crippen LogP contribution in [0.4, 0.5) is 23.1 Å². The van der Waals surface area contributed by atoms with Crippen LogP contribution >= 0.6 is 0 Å². The highest BCUT2D eigenvalue weighted by atomic mass is 15.0. The third kappa shape index (κ3) is 6.84. The molecule has 0 aliphatic rings. The quantitative estimate of drug-likeness (QED) is 0.396. The van der Waals surface area contributed by atoms with Crippen molar-refractivity contribution in [3.8, 4) is 0 Å². The number of hydrogen-bond donors (Lipinski definition) is 3. The van der Waals surface area contributed by atoms with Crippen LogP contribution in [-0.4, -0.2) is 34.3 Å². The Labute approximate surface area is 178 Å². The van der Waals surface area contributed by atoms with Crippen molar-refractivity contribution in [3.05, 3.63) is 66.1 Å². The molecule has 0 aliphatic carbocycles. The van der Waals surface area contributed by atoms with Crippen LogP contribution in [0.3, 0.4) is 0 Å². The average Bonchev–Trinajstić information content (AvgIpc) is 2.80. The van der Waals surface area contributed by atoms with Gasteiger partial charge in [-0.3, -0.25) is 0 Å². The lowest BCUT2D eigenvalue weighted by Crippen LogP contribution is -2.03. The normalized spacial score (nSPS) is 10.9. The fourth-order valence-corrected chi connectivity index (χ4v) is 2.64. The molecule has 3 aromatic rings. The summed E-state index contributed by atoms with van der Waals surface area (Å²) in [7, 11) is 0. The molecular weight excluding hydrogens is 374 g/mol. The highest BCUT2D eigenvalue weighted by Crippen LogP contribution is 2.13. The summed E-state index contributed by atoms with van der Waals surface area (Å²) in [5, 5.41) is 9.88. The Morgan fingerprint density at radius 3 is 2.20 bits per heavy atom. The van der Waals surface area contributed by atoms with E-state index < -0.39 is 0 Å². The SMILES string of the molecule is CCCNc1ccc(NCc2ccc(N=Cc3ccc(NCCC)nc3)nc2)nc1. The van der Waals surface area contributed by atoms with E-state index in [-0.39, 0.29) is 0 Å². The first-order valence-electron chi connectivity index (χ1n) is 10.4. The van der Waals surface area contributed by atoms with Gasteiger partial charge in [0.15, 0.2) is 5.82 Å². The Hall–Kier alpha value is -3.48.